The molecular formula is C27H34FN5O3Si. The van der Waals surface area contributed by atoms with Crippen molar-refractivity contribution in [2.24, 2.45) is 0 Å². The number of aromatic nitrogens is 4. The summed E-state index contributed by atoms with van der Waals surface area (Å²) < 4.78 is 22.2. The summed E-state index contributed by atoms with van der Waals surface area (Å²) in [6.07, 6.45) is 3.64. The number of aromatic amines is 1. The molecule has 0 bridgehead atoms. The predicted octanol–water partition coefficient (Wildman–Crippen LogP) is 5.29. The molecule has 10 heteroatoms. The molecule has 1 atom stereocenters. The molecule has 196 valence electrons. The normalized spacial score (nSPS) is 12.8. The third-order valence-electron chi connectivity index (χ3n) is 6.44. The largest absolute Gasteiger partial charge is 0.478 e. The van der Waals surface area contributed by atoms with E-state index in [0.717, 1.165) is 33.5 Å². The number of carbonyl (C=O) groups is 1. The summed E-state index contributed by atoms with van der Waals surface area (Å²) in [7, 11) is 0.273. The Morgan fingerprint density at radius 2 is 2.03 bits per heavy atom. The monoisotopic (exact) mass is 523 g/mol. The first kappa shape index (κ1) is 26.7. The SMILES string of the molecule is CNCc1c(-c2cnc3[nH]cc(C(C)c4cc(F)ccc4C(=O)O)c3c2)c(C)nn1CCO[Si](C)(C)C. The Morgan fingerprint density at radius 1 is 1.27 bits per heavy atom. The molecule has 0 radical (unpaired) electrons. The van der Waals surface area contributed by atoms with E-state index in [1.165, 1.54) is 18.2 Å². The van der Waals surface area contributed by atoms with E-state index in [1.54, 1.807) is 0 Å². The Kier molecular flexibility index (Phi) is 7.63. The number of hydrogen-bond acceptors (Lipinski definition) is 5. The highest BCUT2D eigenvalue weighted by Gasteiger charge is 2.23. The average Bonchev–Trinajstić information content (AvgIpc) is 3.38. The van der Waals surface area contributed by atoms with E-state index in [0.29, 0.717) is 30.9 Å². The lowest BCUT2D eigenvalue weighted by molar-refractivity contribution is 0.0695. The molecular weight excluding hydrogens is 489 g/mol. The number of aryl methyl sites for hydroxylation is 1. The number of carboxylic acid groups (broad SMARTS) is 1. The van der Waals surface area contributed by atoms with Gasteiger partial charge in [-0.3, -0.25) is 4.68 Å². The van der Waals surface area contributed by atoms with Crippen LogP contribution < -0.4 is 5.32 Å². The molecule has 0 aliphatic carbocycles. The van der Waals surface area contributed by atoms with Crippen molar-refractivity contribution in [3.63, 3.8) is 0 Å². The molecule has 8 nitrogen and oxygen atoms in total. The van der Waals surface area contributed by atoms with Crippen LogP contribution in [0.1, 0.15) is 45.7 Å². The maximum atomic E-state index is 14.1. The summed E-state index contributed by atoms with van der Waals surface area (Å²) in [5.41, 5.74) is 5.89. The average molecular weight is 524 g/mol. The van der Waals surface area contributed by atoms with Gasteiger partial charge < -0.3 is 19.8 Å². The van der Waals surface area contributed by atoms with Crippen LogP contribution in [0.3, 0.4) is 0 Å². The smallest absolute Gasteiger partial charge is 0.335 e. The number of carboxylic acids is 1. The van der Waals surface area contributed by atoms with Crippen molar-refractivity contribution in [1.29, 1.82) is 0 Å². The van der Waals surface area contributed by atoms with E-state index in [2.05, 4.69) is 41.0 Å². The number of nitrogens with one attached hydrogen (secondary N) is 2. The summed E-state index contributed by atoms with van der Waals surface area (Å²) in [4.78, 5) is 19.7. The highest BCUT2D eigenvalue weighted by molar-refractivity contribution is 6.69. The minimum absolute atomic E-state index is 0.0846. The van der Waals surface area contributed by atoms with Gasteiger partial charge in [-0.15, -0.1) is 0 Å². The molecule has 3 heterocycles. The molecule has 0 spiro atoms. The summed E-state index contributed by atoms with van der Waals surface area (Å²) >= 11 is 0. The molecule has 0 aliphatic rings. The second-order valence-corrected chi connectivity index (χ2v) is 14.8. The van der Waals surface area contributed by atoms with Crippen LogP contribution >= 0.6 is 0 Å². The third kappa shape index (κ3) is 5.66. The third-order valence-corrected chi connectivity index (χ3v) is 7.51. The second kappa shape index (κ2) is 10.6. The zero-order valence-electron chi connectivity index (χ0n) is 22.1. The number of benzene rings is 1. The molecule has 0 aliphatic heterocycles. The van der Waals surface area contributed by atoms with Crippen LogP contribution in [-0.4, -0.2) is 52.8 Å². The Balaban J connectivity index is 1.77. The molecule has 3 aromatic heterocycles. The number of fused-ring (bicyclic) bond motifs is 1. The van der Waals surface area contributed by atoms with Gasteiger partial charge in [0.1, 0.15) is 11.5 Å². The van der Waals surface area contributed by atoms with Gasteiger partial charge in [0.2, 0.25) is 0 Å². The number of nitrogens with zero attached hydrogens (tertiary/aromatic N) is 3. The lowest BCUT2D eigenvalue weighted by Gasteiger charge is -2.18. The van der Waals surface area contributed by atoms with Crippen LogP contribution in [0.4, 0.5) is 4.39 Å². The summed E-state index contributed by atoms with van der Waals surface area (Å²) in [5, 5.41) is 18.6. The van der Waals surface area contributed by atoms with E-state index in [9.17, 15) is 14.3 Å². The van der Waals surface area contributed by atoms with Crippen LogP contribution in [0.15, 0.2) is 36.7 Å². The zero-order valence-corrected chi connectivity index (χ0v) is 23.1. The topological polar surface area (TPSA) is 105 Å². The van der Waals surface area contributed by atoms with Gasteiger partial charge in [0.25, 0.3) is 0 Å². The lowest BCUT2D eigenvalue weighted by Crippen LogP contribution is -2.28. The van der Waals surface area contributed by atoms with Crippen LogP contribution in [0.5, 0.6) is 0 Å². The zero-order chi connectivity index (χ0) is 26.9. The van der Waals surface area contributed by atoms with Crippen molar-refractivity contribution in [2.75, 3.05) is 13.7 Å². The van der Waals surface area contributed by atoms with Gasteiger partial charge in [0, 0.05) is 41.4 Å². The van der Waals surface area contributed by atoms with Crippen molar-refractivity contribution in [2.45, 2.75) is 52.5 Å². The molecule has 0 saturated heterocycles. The van der Waals surface area contributed by atoms with Crippen LogP contribution in [0.2, 0.25) is 19.6 Å². The molecule has 0 saturated carbocycles. The Hall–Kier alpha value is -3.34. The summed E-state index contributed by atoms with van der Waals surface area (Å²) in [6.45, 7) is 12.3. The van der Waals surface area contributed by atoms with Gasteiger partial charge in [0.15, 0.2) is 8.32 Å². The van der Waals surface area contributed by atoms with Gasteiger partial charge >= 0.3 is 5.97 Å². The van der Waals surface area contributed by atoms with Crippen LogP contribution in [0, 0.1) is 12.7 Å². The van der Waals surface area contributed by atoms with Gasteiger partial charge in [-0.25, -0.2) is 14.2 Å². The molecule has 0 amide bonds. The number of rotatable bonds is 10. The first-order valence-electron chi connectivity index (χ1n) is 12.3. The second-order valence-electron chi connectivity index (χ2n) is 10.2. The van der Waals surface area contributed by atoms with Gasteiger partial charge in [-0.1, -0.05) is 6.92 Å². The summed E-state index contributed by atoms with van der Waals surface area (Å²) in [6, 6.07) is 5.84. The first-order valence-corrected chi connectivity index (χ1v) is 15.8. The lowest BCUT2D eigenvalue weighted by atomic mass is 9.89. The van der Waals surface area contributed by atoms with Crippen molar-refractivity contribution in [3.05, 3.63) is 70.6 Å². The van der Waals surface area contributed by atoms with Crippen molar-refractivity contribution in [1.82, 2.24) is 25.1 Å². The van der Waals surface area contributed by atoms with Crippen LogP contribution in [0.25, 0.3) is 22.2 Å². The standard InChI is InChI=1S/C27H34FN5O3Si/c1-16(21-12-19(28)7-8-20(21)27(34)35)23-14-31-26-22(23)11-18(13-30-26)25-17(2)32-33(24(25)15-29-3)9-10-36-37(4,5)6/h7-8,11-14,16,29H,9-10,15H2,1-6H3,(H,30,31)(H,34,35). The highest BCUT2D eigenvalue weighted by Crippen LogP contribution is 2.35. The Bertz CT molecular complexity index is 1440. The molecule has 37 heavy (non-hydrogen) atoms. The van der Waals surface area contributed by atoms with Crippen molar-refractivity contribution >= 4 is 25.3 Å². The van der Waals surface area contributed by atoms with Gasteiger partial charge in [0.05, 0.1) is 30.1 Å². The van der Waals surface area contributed by atoms with E-state index >= 15 is 0 Å². The molecule has 1 aromatic carbocycles. The quantitative estimate of drug-likeness (QED) is 0.244. The van der Waals surface area contributed by atoms with E-state index in [1.807, 2.05) is 38.0 Å². The van der Waals surface area contributed by atoms with Gasteiger partial charge in [-0.05, 0) is 69.0 Å². The molecule has 3 N–H and O–H groups in total. The fourth-order valence-corrected chi connectivity index (χ4v) is 5.45. The summed E-state index contributed by atoms with van der Waals surface area (Å²) in [5.74, 6) is -1.92. The Morgan fingerprint density at radius 3 is 2.70 bits per heavy atom. The number of halogens is 1. The fraction of sp³-hybridized carbons (Fsp3) is 0.370. The number of hydrogen-bond donors (Lipinski definition) is 3. The number of H-pyrrole nitrogens is 1. The minimum atomic E-state index is -1.63. The van der Waals surface area contributed by atoms with E-state index in [4.69, 9.17) is 9.52 Å². The first-order chi connectivity index (χ1) is 17.5. The van der Waals surface area contributed by atoms with Crippen molar-refractivity contribution < 1.29 is 18.7 Å². The molecule has 4 aromatic rings. The maximum Gasteiger partial charge on any atom is 0.335 e. The minimum Gasteiger partial charge on any atom is -0.478 e. The molecule has 1 unspecified atom stereocenters. The number of pyridine rings is 1. The van der Waals surface area contributed by atoms with E-state index in [-0.39, 0.29) is 11.5 Å². The predicted molar refractivity (Wildman–Crippen MR) is 145 cm³/mol. The number of aromatic carboxylic acids is 1. The highest BCUT2D eigenvalue weighted by atomic mass is 28.4. The molecule has 0 fully saturated rings. The van der Waals surface area contributed by atoms with Gasteiger partial charge in [-0.2, -0.15) is 5.10 Å². The van der Waals surface area contributed by atoms with Crippen molar-refractivity contribution in [3.8, 4) is 11.1 Å². The fourth-order valence-electron chi connectivity index (χ4n) is 4.75. The Labute approximate surface area is 217 Å². The van der Waals surface area contributed by atoms with Crippen LogP contribution in [-0.2, 0) is 17.5 Å². The molecule has 4 rings (SSSR count). The van der Waals surface area contributed by atoms with E-state index < -0.39 is 20.1 Å². The maximum absolute atomic E-state index is 14.1.